The number of pyridine rings is 1. The predicted molar refractivity (Wildman–Crippen MR) is 54.0 cm³/mol. The monoisotopic (exact) mass is 207 g/mol. The summed E-state index contributed by atoms with van der Waals surface area (Å²) in [6, 6.07) is 7.00. The van der Waals surface area contributed by atoms with Crippen molar-refractivity contribution in [2.75, 3.05) is 0 Å². The van der Waals surface area contributed by atoms with Crippen molar-refractivity contribution in [1.82, 2.24) is 0 Å². The Balaban J connectivity index is 2.91. The summed E-state index contributed by atoms with van der Waals surface area (Å²) in [7, 11) is 0. The molecule has 0 saturated heterocycles. The third kappa shape index (κ3) is 1.32. The predicted octanol–water partition coefficient (Wildman–Crippen LogP) is 1.41. The zero-order valence-electron chi connectivity index (χ0n) is 7.25. The lowest BCUT2D eigenvalue weighted by atomic mass is 10.1. The Morgan fingerprint density at radius 1 is 1.36 bits per heavy atom. The van der Waals surface area contributed by atoms with Gasteiger partial charge in [0.15, 0.2) is 6.20 Å². The van der Waals surface area contributed by atoms with Crippen molar-refractivity contribution in [2.24, 2.45) is 5.73 Å². The molecule has 0 fully saturated rings. The molecule has 0 aliphatic heterocycles. The number of rotatable bonds is 1. The molecule has 2 rings (SSSR count). The van der Waals surface area contributed by atoms with Gasteiger partial charge in [0.25, 0.3) is 0 Å². The van der Waals surface area contributed by atoms with Crippen LogP contribution in [0.3, 0.4) is 0 Å². The van der Waals surface area contributed by atoms with Gasteiger partial charge in [-0.05, 0) is 6.07 Å². The number of nitrogens with two attached hydrogens (primary N) is 1. The molecule has 70 valence electrons. The Morgan fingerprint density at radius 3 is 2.86 bits per heavy atom. The number of nitrogens with one attached hydrogen (secondary N) is 1. The number of halogens is 1. The van der Waals surface area contributed by atoms with Gasteiger partial charge in [0.05, 0.1) is 16.0 Å². The second-order valence-corrected chi connectivity index (χ2v) is 3.33. The van der Waals surface area contributed by atoms with Crippen LogP contribution in [0.1, 0.15) is 10.4 Å². The molecular formula is C10H8ClN2O+. The maximum absolute atomic E-state index is 11.1. The van der Waals surface area contributed by atoms with Gasteiger partial charge in [0.1, 0.15) is 0 Å². The van der Waals surface area contributed by atoms with E-state index in [4.69, 9.17) is 17.3 Å². The number of carbonyl (C=O) groups is 1. The van der Waals surface area contributed by atoms with E-state index in [-0.39, 0.29) is 0 Å². The highest BCUT2D eigenvalue weighted by Crippen LogP contribution is 2.23. The van der Waals surface area contributed by atoms with Crippen molar-refractivity contribution in [1.29, 1.82) is 0 Å². The number of benzene rings is 1. The molecule has 0 unspecified atom stereocenters. The number of H-pyrrole nitrogens is 1. The molecule has 1 aromatic heterocycles. The number of hydrogen-bond acceptors (Lipinski definition) is 1. The van der Waals surface area contributed by atoms with E-state index in [0.29, 0.717) is 16.0 Å². The molecule has 3 nitrogen and oxygen atoms in total. The maximum Gasteiger partial charge on any atom is 0.249 e. The van der Waals surface area contributed by atoms with Crippen molar-refractivity contribution in [2.45, 2.75) is 0 Å². The van der Waals surface area contributed by atoms with Gasteiger partial charge < -0.3 is 5.73 Å². The average molecular weight is 208 g/mol. The first kappa shape index (κ1) is 8.97. The van der Waals surface area contributed by atoms with Crippen LogP contribution in [0.4, 0.5) is 0 Å². The Bertz CT molecular complexity index is 505. The molecule has 1 amide bonds. The number of carbonyl (C=O) groups excluding carboxylic acids is 1. The minimum Gasteiger partial charge on any atom is -0.366 e. The highest BCUT2D eigenvalue weighted by Gasteiger charge is 2.12. The van der Waals surface area contributed by atoms with E-state index in [0.717, 1.165) is 5.52 Å². The second kappa shape index (κ2) is 3.27. The SMILES string of the molecule is NC(=O)c1cc[nH+]c2cccc(Cl)c12. The molecule has 0 atom stereocenters. The van der Waals surface area contributed by atoms with Crippen molar-refractivity contribution < 1.29 is 9.78 Å². The van der Waals surface area contributed by atoms with E-state index in [1.165, 1.54) is 0 Å². The Hall–Kier alpha value is -1.61. The Kier molecular flexibility index (Phi) is 2.09. The number of aromatic nitrogens is 1. The Morgan fingerprint density at radius 2 is 2.14 bits per heavy atom. The lowest BCUT2D eigenvalue weighted by Gasteiger charge is -1.99. The molecule has 3 N–H and O–H groups in total. The van der Waals surface area contributed by atoms with Gasteiger partial charge in [-0.3, -0.25) is 4.79 Å². The van der Waals surface area contributed by atoms with Crippen LogP contribution >= 0.6 is 11.6 Å². The van der Waals surface area contributed by atoms with Gasteiger partial charge in [-0.1, -0.05) is 17.7 Å². The van der Waals surface area contributed by atoms with Gasteiger partial charge in [0.2, 0.25) is 11.4 Å². The highest BCUT2D eigenvalue weighted by molar-refractivity contribution is 6.36. The van der Waals surface area contributed by atoms with Gasteiger partial charge in [-0.2, -0.15) is 0 Å². The highest BCUT2D eigenvalue weighted by atomic mass is 35.5. The fraction of sp³-hybridized carbons (Fsp3) is 0. The maximum atomic E-state index is 11.1. The molecule has 0 aliphatic carbocycles. The van der Waals surface area contributed by atoms with Crippen LogP contribution in [0.25, 0.3) is 10.9 Å². The van der Waals surface area contributed by atoms with Gasteiger partial charge in [-0.15, -0.1) is 0 Å². The van der Waals surface area contributed by atoms with E-state index in [1.807, 2.05) is 12.1 Å². The van der Waals surface area contributed by atoms with E-state index < -0.39 is 5.91 Å². The lowest BCUT2D eigenvalue weighted by molar-refractivity contribution is -0.344. The first-order chi connectivity index (χ1) is 6.70. The minimum atomic E-state index is -0.475. The molecule has 0 radical (unpaired) electrons. The summed E-state index contributed by atoms with van der Waals surface area (Å²) >= 11 is 5.98. The number of hydrogen-bond donors (Lipinski definition) is 1. The lowest BCUT2D eigenvalue weighted by Crippen LogP contribution is -2.14. The van der Waals surface area contributed by atoms with Crippen LogP contribution in [-0.2, 0) is 0 Å². The van der Waals surface area contributed by atoms with Gasteiger partial charge in [-0.25, -0.2) is 4.98 Å². The van der Waals surface area contributed by atoms with Crippen LogP contribution in [0.5, 0.6) is 0 Å². The van der Waals surface area contributed by atoms with E-state index >= 15 is 0 Å². The van der Waals surface area contributed by atoms with E-state index in [1.54, 1.807) is 18.3 Å². The minimum absolute atomic E-state index is 0.435. The molecule has 2 aromatic rings. The summed E-state index contributed by atoms with van der Waals surface area (Å²) in [5.41, 5.74) is 6.47. The van der Waals surface area contributed by atoms with Crippen LogP contribution in [0.2, 0.25) is 5.02 Å². The van der Waals surface area contributed by atoms with Crippen LogP contribution in [0.15, 0.2) is 30.5 Å². The normalized spacial score (nSPS) is 10.4. The molecule has 0 aliphatic rings. The molecule has 0 spiro atoms. The quantitative estimate of drug-likeness (QED) is 0.755. The van der Waals surface area contributed by atoms with Crippen LogP contribution in [0, 0.1) is 0 Å². The molecule has 14 heavy (non-hydrogen) atoms. The van der Waals surface area contributed by atoms with Crippen molar-refractivity contribution in [3.8, 4) is 0 Å². The molecule has 0 bridgehead atoms. The zero-order chi connectivity index (χ0) is 10.1. The number of aromatic amines is 1. The third-order valence-corrected chi connectivity index (χ3v) is 2.35. The molecular weight excluding hydrogens is 200 g/mol. The average Bonchev–Trinajstić information content (AvgIpc) is 2.17. The van der Waals surface area contributed by atoms with Gasteiger partial charge >= 0.3 is 0 Å². The fourth-order valence-electron chi connectivity index (χ4n) is 1.42. The summed E-state index contributed by atoms with van der Waals surface area (Å²) < 4.78 is 0. The van der Waals surface area contributed by atoms with E-state index in [2.05, 4.69) is 4.98 Å². The van der Waals surface area contributed by atoms with Crippen molar-refractivity contribution in [3.63, 3.8) is 0 Å². The molecule has 0 saturated carbocycles. The molecule has 1 heterocycles. The third-order valence-electron chi connectivity index (χ3n) is 2.04. The summed E-state index contributed by atoms with van der Waals surface area (Å²) in [5, 5.41) is 1.19. The summed E-state index contributed by atoms with van der Waals surface area (Å²) in [6.45, 7) is 0. The Labute approximate surface area is 85.5 Å². The van der Waals surface area contributed by atoms with Gasteiger partial charge in [0, 0.05) is 12.1 Å². The van der Waals surface area contributed by atoms with Crippen LogP contribution in [-0.4, -0.2) is 5.91 Å². The standard InChI is InChI=1S/C10H7ClN2O/c11-7-2-1-3-8-9(7)6(10(12)14)4-5-13-8/h1-5H,(H2,12,14)/p+1. The number of primary amides is 1. The summed E-state index contributed by atoms with van der Waals surface area (Å²) in [6.07, 6.45) is 1.67. The van der Waals surface area contributed by atoms with Crippen molar-refractivity contribution >= 4 is 28.4 Å². The zero-order valence-corrected chi connectivity index (χ0v) is 8.01. The fourth-order valence-corrected chi connectivity index (χ4v) is 1.70. The topological polar surface area (TPSA) is 57.2 Å². The number of amides is 1. The smallest absolute Gasteiger partial charge is 0.249 e. The number of fused-ring (bicyclic) bond motifs is 1. The molecule has 1 aromatic carbocycles. The van der Waals surface area contributed by atoms with E-state index in [9.17, 15) is 4.79 Å². The largest absolute Gasteiger partial charge is 0.366 e. The second-order valence-electron chi connectivity index (χ2n) is 2.92. The van der Waals surface area contributed by atoms with Crippen LogP contribution < -0.4 is 10.7 Å². The summed E-state index contributed by atoms with van der Waals surface area (Å²) in [5.74, 6) is -0.475. The first-order valence-corrected chi connectivity index (χ1v) is 4.46. The summed E-state index contributed by atoms with van der Waals surface area (Å²) in [4.78, 5) is 14.1. The first-order valence-electron chi connectivity index (χ1n) is 4.09. The van der Waals surface area contributed by atoms with Crippen molar-refractivity contribution in [3.05, 3.63) is 41.0 Å². The molecule has 4 heteroatoms.